The highest BCUT2D eigenvalue weighted by atomic mass is 35.5. The second-order valence-electron chi connectivity index (χ2n) is 9.49. The van der Waals surface area contributed by atoms with E-state index in [1.165, 1.54) is 17.0 Å². The molecular formula is C26H27ClN4O2S. The average Bonchev–Trinajstić information content (AvgIpc) is 3.51. The van der Waals surface area contributed by atoms with Gasteiger partial charge in [0.05, 0.1) is 28.2 Å². The number of likely N-dealkylation sites (N-methyl/N-ethyl adjacent to an activating group) is 1. The van der Waals surface area contributed by atoms with Crippen LogP contribution in [0.2, 0.25) is 5.02 Å². The van der Waals surface area contributed by atoms with Gasteiger partial charge in [-0.2, -0.15) is 5.10 Å². The SMILES string of the molecule is CN(C)C1CCc2nn(C)c([C@H]3Cc4cc(Cl)cc(-c5ccnc6cc(CO)sc56)c4O3)c2C1. The van der Waals surface area contributed by atoms with Gasteiger partial charge in [-0.25, -0.2) is 0 Å². The van der Waals surface area contributed by atoms with E-state index in [1.807, 2.05) is 42.2 Å². The molecular weight excluding hydrogens is 468 g/mol. The normalized spacial score (nSPS) is 19.5. The van der Waals surface area contributed by atoms with Crippen molar-refractivity contribution in [3.05, 3.63) is 62.9 Å². The van der Waals surface area contributed by atoms with Crippen LogP contribution < -0.4 is 4.74 Å². The Kier molecular flexibility index (Phi) is 5.41. The lowest BCUT2D eigenvalue weighted by atomic mass is 9.89. The quantitative estimate of drug-likeness (QED) is 0.435. The van der Waals surface area contributed by atoms with Crippen molar-refractivity contribution >= 4 is 33.2 Å². The van der Waals surface area contributed by atoms with Crippen molar-refractivity contribution in [1.29, 1.82) is 0 Å². The number of aryl methyl sites for hydroxylation is 2. The number of halogens is 1. The Morgan fingerprint density at radius 2 is 2.09 bits per heavy atom. The molecule has 2 atom stereocenters. The first-order chi connectivity index (χ1) is 16.4. The van der Waals surface area contributed by atoms with Crippen molar-refractivity contribution in [1.82, 2.24) is 19.7 Å². The third-order valence-corrected chi connectivity index (χ3v) is 8.53. The Balaban J connectivity index is 1.43. The molecule has 6 nitrogen and oxygen atoms in total. The fraction of sp³-hybridized carbons (Fsp3) is 0.385. The monoisotopic (exact) mass is 494 g/mol. The van der Waals surface area contributed by atoms with Gasteiger partial charge in [0.15, 0.2) is 0 Å². The third kappa shape index (κ3) is 3.53. The van der Waals surface area contributed by atoms with Crippen molar-refractivity contribution in [3.8, 4) is 16.9 Å². The van der Waals surface area contributed by atoms with Gasteiger partial charge in [0.2, 0.25) is 0 Å². The van der Waals surface area contributed by atoms with Crippen LogP contribution in [0.1, 0.15) is 39.9 Å². The minimum absolute atomic E-state index is 0.00619. The van der Waals surface area contributed by atoms with Gasteiger partial charge >= 0.3 is 0 Å². The van der Waals surface area contributed by atoms with Gasteiger partial charge in [-0.3, -0.25) is 9.67 Å². The maximum atomic E-state index is 9.64. The van der Waals surface area contributed by atoms with Gasteiger partial charge in [-0.05, 0) is 57.6 Å². The molecule has 1 N–H and O–H groups in total. The molecule has 8 heteroatoms. The smallest absolute Gasteiger partial charge is 0.145 e. The maximum absolute atomic E-state index is 9.64. The predicted molar refractivity (Wildman–Crippen MR) is 136 cm³/mol. The molecule has 0 saturated heterocycles. The molecule has 0 amide bonds. The van der Waals surface area contributed by atoms with Crippen molar-refractivity contribution in [2.45, 2.75) is 44.4 Å². The van der Waals surface area contributed by atoms with E-state index in [0.29, 0.717) is 11.1 Å². The highest BCUT2D eigenvalue weighted by Gasteiger charge is 2.35. The number of fused-ring (bicyclic) bond motifs is 3. The molecule has 1 unspecified atom stereocenters. The lowest BCUT2D eigenvalue weighted by Crippen LogP contribution is -2.33. The summed E-state index contributed by atoms with van der Waals surface area (Å²) in [5.74, 6) is 0.885. The molecule has 0 bridgehead atoms. The van der Waals surface area contributed by atoms with E-state index in [2.05, 4.69) is 24.0 Å². The molecule has 1 aliphatic carbocycles. The molecule has 4 heterocycles. The summed E-state index contributed by atoms with van der Waals surface area (Å²) in [5.41, 5.74) is 7.74. The van der Waals surface area contributed by atoms with Crippen LogP contribution in [0.25, 0.3) is 21.3 Å². The number of pyridine rings is 1. The number of ether oxygens (including phenoxy) is 1. The summed E-state index contributed by atoms with van der Waals surface area (Å²) >= 11 is 8.17. The third-order valence-electron chi connectivity index (χ3n) is 7.17. The second kappa shape index (κ2) is 8.34. The largest absolute Gasteiger partial charge is 0.483 e. The Labute approximate surface area is 207 Å². The fourth-order valence-electron chi connectivity index (χ4n) is 5.50. The fourth-order valence-corrected chi connectivity index (χ4v) is 6.74. The lowest BCUT2D eigenvalue weighted by molar-refractivity contribution is 0.223. The van der Waals surface area contributed by atoms with Crippen molar-refractivity contribution < 1.29 is 9.84 Å². The highest BCUT2D eigenvalue weighted by molar-refractivity contribution is 7.19. The van der Waals surface area contributed by atoms with Gasteiger partial charge in [0.25, 0.3) is 0 Å². The number of aliphatic hydroxyl groups is 1. The Morgan fingerprint density at radius 1 is 1.24 bits per heavy atom. The molecule has 3 aromatic heterocycles. The number of aliphatic hydroxyl groups excluding tert-OH is 1. The first-order valence-electron chi connectivity index (χ1n) is 11.6. The van der Waals surface area contributed by atoms with Gasteiger partial charge in [0.1, 0.15) is 11.9 Å². The summed E-state index contributed by atoms with van der Waals surface area (Å²) < 4.78 is 9.78. The van der Waals surface area contributed by atoms with E-state index in [9.17, 15) is 5.11 Å². The van der Waals surface area contributed by atoms with Gasteiger partial charge in [-0.15, -0.1) is 11.3 Å². The number of nitrogens with zero attached hydrogens (tertiary/aromatic N) is 4. The topological polar surface area (TPSA) is 63.4 Å². The Bertz CT molecular complexity index is 1410. The molecule has 34 heavy (non-hydrogen) atoms. The van der Waals surface area contributed by atoms with Crippen LogP contribution in [0.3, 0.4) is 0 Å². The van der Waals surface area contributed by atoms with Crippen LogP contribution in [0.4, 0.5) is 0 Å². The van der Waals surface area contributed by atoms with E-state index >= 15 is 0 Å². The van der Waals surface area contributed by atoms with E-state index in [0.717, 1.165) is 63.2 Å². The van der Waals surface area contributed by atoms with Gasteiger partial charge in [-0.1, -0.05) is 11.6 Å². The molecule has 1 aliphatic heterocycles. The molecule has 6 rings (SSSR count). The van der Waals surface area contributed by atoms with Crippen molar-refractivity contribution in [3.63, 3.8) is 0 Å². The molecule has 0 radical (unpaired) electrons. The Hall–Kier alpha value is -2.45. The van der Waals surface area contributed by atoms with Crippen LogP contribution >= 0.6 is 22.9 Å². The molecule has 0 fully saturated rings. The van der Waals surface area contributed by atoms with Crippen LogP contribution in [0, 0.1) is 0 Å². The van der Waals surface area contributed by atoms with Crippen molar-refractivity contribution in [2.75, 3.05) is 14.1 Å². The van der Waals surface area contributed by atoms with Crippen molar-refractivity contribution in [2.24, 2.45) is 7.05 Å². The maximum Gasteiger partial charge on any atom is 0.145 e. The predicted octanol–water partition coefficient (Wildman–Crippen LogP) is 4.94. The number of hydrogen-bond acceptors (Lipinski definition) is 6. The van der Waals surface area contributed by atoms with E-state index < -0.39 is 0 Å². The number of benzene rings is 1. The van der Waals surface area contributed by atoms with Gasteiger partial charge < -0.3 is 14.7 Å². The lowest BCUT2D eigenvalue weighted by Gasteiger charge is -2.28. The van der Waals surface area contributed by atoms with E-state index in [4.69, 9.17) is 21.4 Å². The van der Waals surface area contributed by atoms with E-state index in [1.54, 1.807) is 11.3 Å². The zero-order valence-electron chi connectivity index (χ0n) is 19.5. The second-order valence-corrected chi connectivity index (χ2v) is 11.1. The summed E-state index contributed by atoms with van der Waals surface area (Å²) in [5, 5.41) is 15.2. The molecule has 176 valence electrons. The standard InChI is InChI=1S/C26H27ClN4O2S/c1-30(2)16-4-5-21-20(11-16)24(31(3)29-21)23-9-14-8-15(27)10-19(25(14)33-23)18-6-7-28-22-12-17(13-32)34-26(18)22/h6-8,10,12,16,23,32H,4-5,9,11,13H2,1-3H3/t16?,23-/m1/s1. The van der Waals surface area contributed by atoms with Crippen LogP contribution in [-0.4, -0.2) is 44.9 Å². The average molecular weight is 495 g/mol. The minimum atomic E-state index is -0.0944. The molecule has 4 aromatic rings. The summed E-state index contributed by atoms with van der Waals surface area (Å²) in [7, 11) is 6.35. The molecule has 2 aliphatic rings. The summed E-state index contributed by atoms with van der Waals surface area (Å²) in [6.07, 6.45) is 5.62. The molecule has 0 spiro atoms. The Morgan fingerprint density at radius 3 is 2.88 bits per heavy atom. The van der Waals surface area contributed by atoms with Crippen LogP contribution in [-0.2, 0) is 32.9 Å². The van der Waals surface area contributed by atoms with Crippen LogP contribution in [0.5, 0.6) is 5.75 Å². The molecule has 0 saturated carbocycles. The first kappa shape index (κ1) is 22.0. The number of hydrogen-bond donors (Lipinski definition) is 1. The first-order valence-corrected chi connectivity index (χ1v) is 12.8. The summed E-state index contributed by atoms with van der Waals surface area (Å²) in [6, 6.07) is 8.49. The summed E-state index contributed by atoms with van der Waals surface area (Å²) in [4.78, 5) is 7.71. The molecule has 1 aromatic carbocycles. The minimum Gasteiger partial charge on any atom is -0.483 e. The van der Waals surface area contributed by atoms with E-state index in [-0.39, 0.29) is 12.7 Å². The zero-order valence-corrected chi connectivity index (χ0v) is 21.1. The number of aromatic nitrogens is 3. The number of rotatable bonds is 4. The zero-order chi connectivity index (χ0) is 23.6. The van der Waals surface area contributed by atoms with Gasteiger partial charge in [0, 0.05) is 57.9 Å². The highest BCUT2D eigenvalue weighted by Crippen LogP contribution is 2.48. The van der Waals surface area contributed by atoms with Crippen LogP contribution in [0.15, 0.2) is 30.5 Å². The summed E-state index contributed by atoms with van der Waals surface area (Å²) in [6.45, 7) is 0.00619. The number of thiophene rings is 1.